The molecule has 0 fully saturated rings. The van der Waals surface area contributed by atoms with E-state index < -0.39 is 5.97 Å². The molecule has 100 valence electrons. The number of aryl methyl sites for hydroxylation is 1. The molecule has 0 aliphatic heterocycles. The van der Waals surface area contributed by atoms with Crippen molar-refractivity contribution in [2.24, 2.45) is 5.92 Å². The zero-order valence-corrected chi connectivity index (χ0v) is 11.1. The second-order valence-corrected chi connectivity index (χ2v) is 4.86. The molecule has 0 aliphatic carbocycles. The number of nitrogens with one attached hydrogen (secondary N) is 1. The second-order valence-electron chi connectivity index (χ2n) is 4.86. The maximum absolute atomic E-state index is 11.2. The van der Waals surface area contributed by atoms with Crippen molar-refractivity contribution in [2.45, 2.75) is 33.2 Å². The third-order valence-corrected chi connectivity index (χ3v) is 2.99. The first-order valence-corrected chi connectivity index (χ1v) is 6.17. The van der Waals surface area contributed by atoms with Gasteiger partial charge in [0.25, 0.3) is 0 Å². The Labute approximate surface area is 108 Å². The molecule has 4 nitrogen and oxygen atoms in total. The molecule has 1 aromatic rings. The highest BCUT2D eigenvalue weighted by molar-refractivity contribution is 5.94. The van der Waals surface area contributed by atoms with Crippen LogP contribution in [0.1, 0.15) is 36.2 Å². The number of aliphatic hydroxyl groups excluding tert-OH is 1. The van der Waals surface area contributed by atoms with Gasteiger partial charge in [0.1, 0.15) is 0 Å². The van der Waals surface area contributed by atoms with Gasteiger partial charge in [-0.15, -0.1) is 0 Å². The average molecular weight is 251 g/mol. The van der Waals surface area contributed by atoms with Crippen molar-refractivity contribution in [1.29, 1.82) is 0 Å². The van der Waals surface area contributed by atoms with Crippen molar-refractivity contribution in [1.82, 2.24) is 0 Å². The topological polar surface area (TPSA) is 69.6 Å². The first kappa shape index (κ1) is 14.5. The molecule has 1 unspecified atom stereocenters. The Hall–Kier alpha value is -1.55. The predicted molar refractivity (Wildman–Crippen MR) is 72.1 cm³/mol. The van der Waals surface area contributed by atoms with Gasteiger partial charge in [0.15, 0.2) is 0 Å². The smallest absolute Gasteiger partial charge is 0.337 e. The highest BCUT2D eigenvalue weighted by Crippen LogP contribution is 2.21. The Bertz CT molecular complexity index is 416. The lowest BCUT2D eigenvalue weighted by atomic mass is 10.00. The van der Waals surface area contributed by atoms with E-state index in [1.165, 1.54) is 0 Å². The standard InChI is InChI=1S/C14H21NO3/c1-9(2)12(6-7-16)15-13-5-4-10(3)8-11(13)14(17)18/h4-5,8-9,12,15-16H,6-7H2,1-3H3,(H,17,18). The zero-order chi connectivity index (χ0) is 13.7. The van der Waals surface area contributed by atoms with E-state index in [4.69, 9.17) is 5.11 Å². The van der Waals surface area contributed by atoms with E-state index in [0.717, 1.165) is 5.56 Å². The third-order valence-electron chi connectivity index (χ3n) is 2.99. The Morgan fingerprint density at radius 3 is 2.56 bits per heavy atom. The molecule has 0 amide bonds. The van der Waals surface area contributed by atoms with E-state index in [-0.39, 0.29) is 18.2 Å². The Morgan fingerprint density at radius 1 is 1.39 bits per heavy atom. The number of hydrogen-bond acceptors (Lipinski definition) is 3. The van der Waals surface area contributed by atoms with Crippen molar-refractivity contribution in [3.63, 3.8) is 0 Å². The van der Waals surface area contributed by atoms with Crippen LogP contribution < -0.4 is 5.32 Å². The molecule has 0 aliphatic rings. The summed E-state index contributed by atoms with van der Waals surface area (Å²) in [6.45, 7) is 6.04. The first-order valence-electron chi connectivity index (χ1n) is 6.17. The summed E-state index contributed by atoms with van der Waals surface area (Å²) in [6.07, 6.45) is 0.602. The normalized spacial score (nSPS) is 12.5. The predicted octanol–water partition coefficient (Wildman–Crippen LogP) is 2.51. The second kappa shape index (κ2) is 6.40. The van der Waals surface area contributed by atoms with Crippen LogP contribution in [0.5, 0.6) is 0 Å². The van der Waals surface area contributed by atoms with E-state index in [1.807, 2.05) is 26.8 Å². The molecule has 0 radical (unpaired) electrons. The summed E-state index contributed by atoms with van der Waals surface area (Å²) < 4.78 is 0. The lowest BCUT2D eigenvalue weighted by Gasteiger charge is -2.23. The van der Waals surface area contributed by atoms with E-state index in [0.29, 0.717) is 18.0 Å². The summed E-state index contributed by atoms with van der Waals surface area (Å²) in [7, 11) is 0. The summed E-state index contributed by atoms with van der Waals surface area (Å²) in [5.74, 6) is -0.618. The Morgan fingerprint density at radius 2 is 2.06 bits per heavy atom. The molecule has 1 aromatic carbocycles. The van der Waals surface area contributed by atoms with Crippen LogP contribution in [0, 0.1) is 12.8 Å². The molecule has 0 spiro atoms. The summed E-state index contributed by atoms with van der Waals surface area (Å²) >= 11 is 0. The number of aromatic carboxylic acids is 1. The number of carboxylic acid groups (broad SMARTS) is 1. The Balaban J connectivity index is 2.98. The van der Waals surface area contributed by atoms with Crippen LogP contribution in [0.3, 0.4) is 0 Å². The van der Waals surface area contributed by atoms with Crippen LogP contribution in [0.25, 0.3) is 0 Å². The molecule has 0 saturated carbocycles. The van der Waals surface area contributed by atoms with Gasteiger partial charge in [-0.1, -0.05) is 25.5 Å². The van der Waals surface area contributed by atoms with Crippen molar-refractivity contribution in [3.8, 4) is 0 Å². The van der Waals surface area contributed by atoms with Gasteiger partial charge in [-0.2, -0.15) is 0 Å². The lowest BCUT2D eigenvalue weighted by molar-refractivity contribution is 0.0697. The van der Waals surface area contributed by atoms with Crippen molar-refractivity contribution in [3.05, 3.63) is 29.3 Å². The van der Waals surface area contributed by atoms with Crippen molar-refractivity contribution >= 4 is 11.7 Å². The van der Waals surface area contributed by atoms with E-state index >= 15 is 0 Å². The number of benzene rings is 1. The molecule has 0 saturated heterocycles. The largest absolute Gasteiger partial charge is 0.478 e. The summed E-state index contributed by atoms with van der Waals surface area (Å²) in [4.78, 5) is 11.2. The lowest BCUT2D eigenvalue weighted by Crippen LogP contribution is -2.27. The minimum absolute atomic E-state index is 0.0656. The van der Waals surface area contributed by atoms with Gasteiger partial charge in [0.2, 0.25) is 0 Å². The quantitative estimate of drug-likeness (QED) is 0.726. The number of hydrogen-bond donors (Lipinski definition) is 3. The third kappa shape index (κ3) is 3.74. The molecule has 4 heteroatoms. The molecule has 1 atom stereocenters. The molecule has 0 bridgehead atoms. The molecule has 0 aromatic heterocycles. The number of carboxylic acids is 1. The van der Waals surface area contributed by atoms with Crippen molar-refractivity contribution < 1.29 is 15.0 Å². The Kier molecular flexibility index (Phi) is 5.16. The van der Waals surface area contributed by atoms with Gasteiger partial charge >= 0.3 is 5.97 Å². The van der Waals surface area contributed by atoms with Crippen LogP contribution in [0.2, 0.25) is 0 Å². The average Bonchev–Trinajstić information content (AvgIpc) is 2.30. The highest BCUT2D eigenvalue weighted by Gasteiger charge is 2.16. The summed E-state index contributed by atoms with van der Waals surface area (Å²) in [5.41, 5.74) is 1.81. The maximum atomic E-state index is 11.2. The zero-order valence-electron chi connectivity index (χ0n) is 11.1. The van der Waals surface area contributed by atoms with Crippen LogP contribution in [0.4, 0.5) is 5.69 Å². The van der Waals surface area contributed by atoms with Crippen LogP contribution >= 0.6 is 0 Å². The van der Waals surface area contributed by atoms with Gasteiger partial charge in [0, 0.05) is 18.3 Å². The summed E-state index contributed by atoms with van der Waals surface area (Å²) in [6, 6.07) is 5.38. The van der Waals surface area contributed by atoms with E-state index in [1.54, 1.807) is 12.1 Å². The molecule has 3 N–H and O–H groups in total. The van der Waals surface area contributed by atoms with E-state index in [9.17, 15) is 9.90 Å². The van der Waals surface area contributed by atoms with Gasteiger partial charge in [-0.05, 0) is 31.4 Å². The summed E-state index contributed by atoms with van der Waals surface area (Å²) in [5, 5.41) is 21.4. The SMILES string of the molecule is Cc1ccc(NC(CCO)C(C)C)c(C(=O)O)c1. The number of rotatable bonds is 6. The number of anilines is 1. The van der Waals surface area contributed by atoms with Crippen LogP contribution in [-0.2, 0) is 0 Å². The molecule has 18 heavy (non-hydrogen) atoms. The first-order chi connectivity index (χ1) is 8.45. The van der Waals surface area contributed by atoms with Crippen molar-refractivity contribution in [2.75, 3.05) is 11.9 Å². The van der Waals surface area contributed by atoms with Gasteiger partial charge < -0.3 is 15.5 Å². The molecule has 0 heterocycles. The molecular formula is C14H21NO3. The fourth-order valence-electron chi connectivity index (χ4n) is 1.87. The van der Waals surface area contributed by atoms with Gasteiger partial charge in [-0.25, -0.2) is 4.79 Å². The van der Waals surface area contributed by atoms with Crippen LogP contribution in [-0.4, -0.2) is 28.8 Å². The van der Waals surface area contributed by atoms with Crippen LogP contribution in [0.15, 0.2) is 18.2 Å². The maximum Gasteiger partial charge on any atom is 0.337 e. The highest BCUT2D eigenvalue weighted by atomic mass is 16.4. The molecule has 1 rings (SSSR count). The minimum atomic E-state index is -0.937. The minimum Gasteiger partial charge on any atom is -0.478 e. The molecular weight excluding hydrogens is 230 g/mol. The number of aliphatic hydroxyl groups is 1. The number of carbonyl (C=O) groups is 1. The van der Waals surface area contributed by atoms with Gasteiger partial charge in [0.05, 0.1) is 5.56 Å². The van der Waals surface area contributed by atoms with Gasteiger partial charge in [-0.3, -0.25) is 0 Å². The monoisotopic (exact) mass is 251 g/mol. The van der Waals surface area contributed by atoms with E-state index in [2.05, 4.69) is 5.32 Å². The fraction of sp³-hybridized carbons (Fsp3) is 0.500. The fourth-order valence-corrected chi connectivity index (χ4v) is 1.87.